The SMILES string of the molecule is CC(C)N1CC(C)(C(=O)N(C)C)n2cc(-c3ncc(Cc4ccc(F)cc4)s3)c(=O)c(O)c2C1=O. The van der Waals surface area contributed by atoms with Crippen LogP contribution in [0.25, 0.3) is 10.6 Å². The highest BCUT2D eigenvalue weighted by molar-refractivity contribution is 7.15. The van der Waals surface area contributed by atoms with Crippen LogP contribution < -0.4 is 5.43 Å². The number of halogens is 1. The molecule has 3 heterocycles. The molecule has 35 heavy (non-hydrogen) atoms. The molecule has 4 rings (SSSR count). The highest BCUT2D eigenvalue weighted by atomic mass is 32.1. The van der Waals surface area contributed by atoms with E-state index in [9.17, 15) is 23.9 Å². The Morgan fingerprint density at radius 2 is 1.91 bits per heavy atom. The van der Waals surface area contributed by atoms with Gasteiger partial charge in [0.2, 0.25) is 11.3 Å². The van der Waals surface area contributed by atoms with Crippen LogP contribution in [0, 0.1) is 5.82 Å². The summed E-state index contributed by atoms with van der Waals surface area (Å²) in [5.74, 6) is -1.81. The van der Waals surface area contributed by atoms with E-state index in [-0.39, 0.29) is 35.6 Å². The Bertz CT molecular complexity index is 1360. The summed E-state index contributed by atoms with van der Waals surface area (Å²) in [4.78, 5) is 47.8. The van der Waals surface area contributed by atoms with Crippen molar-refractivity contribution in [1.82, 2.24) is 19.4 Å². The fraction of sp³-hybridized carbons (Fsp3) is 0.360. The summed E-state index contributed by atoms with van der Waals surface area (Å²) in [5, 5.41) is 11.3. The van der Waals surface area contributed by atoms with Crippen molar-refractivity contribution >= 4 is 23.2 Å². The highest BCUT2D eigenvalue weighted by Crippen LogP contribution is 2.35. The standard InChI is InChI=1S/C25H27FN4O4S/c1-14(2)29-13-25(3,24(34)28(4)5)30-12-18(20(31)21(32)19(30)23(29)33)22-27-11-17(35-22)10-15-6-8-16(26)9-7-15/h6-9,11-12,14,32H,10,13H2,1-5H3. The zero-order valence-corrected chi connectivity index (χ0v) is 21.0. The number of carbonyl (C=O) groups is 2. The molecule has 184 valence electrons. The Morgan fingerprint density at radius 1 is 1.26 bits per heavy atom. The summed E-state index contributed by atoms with van der Waals surface area (Å²) in [6.07, 6.45) is 3.57. The van der Waals surface area contributed by atoms with Gasteiger partial charge in [-0.2, -0.15) is 0 Å². The van der Waals surface area contributed by atoms with Crippen LogP contribution in [-0.2, 0) is 16.8 Å². The van der Waals surface area contributed by atoms with Crippen LogP contribution in [-0.4, -0.2) is 63.0 Å². The van der Waals surface area contributed by atoms with E-state index < -0.39 is 22.6 Å². The van der Waals surface area contributed by atoms with Crippen LogP contribution in [0.5, 0.6) is 5.75 Å². The zero-order chi connectivity index (χ0) is 25.7. The Kier molecular flexibility index (Phi) is 6.27. The summed E-state index contributed by atoms with van der Waals surface area (Å²) in [5.41, 5.74) is -1.19. The van der Waals surface area contributed by atoms with Gasteiger partial charge in [-0.05, 0) is 38.5 Å². The minimum atomic E-state index is -1.24. The molecule has 1 unspecified atom stereocenters. The number of aromatic hydroxyl groups is 1. The number of pyridine rings is 1. The smallest absolute Gasteiger partial charge is 0.274 e. The van der Waals surface area contributed by atoms with Crippen LogP contribution in [0.2, 0.25) is 0 Å². The number of benzene rings is 1. The summed E-state index contributed by atoms with van der Waals surface area (Å²) < 4.78 is 14.6. The van der Waals surface area contributed by atoms with E-state index in [4.69, 9.17) is 0 Å². The molecular weight excluding hydrogens is 471 g/mol. The predicted octanol–water partition coefficient (Wildman–Crippen LogP) is 3.07. The molecule has 1 aliphatic heterocycles. The zero-order valence-electron chi connectivity index (χ0n) is 20.2. The van der Waals surface area contributed by atoms with Gasteiger partial charge in [-0.25, -0.2) is 9.37 Å². The molecule has 0 fully saturated rings. The summed E-state index contributed by atoms with van der Waals surface area (Å²) in [6.45, 7) is 5.41. The van der Waals surface area contributed by atoms with Crippen LogP contribution in [0.3, 0.4) is 0 Å². The molecular formula is C25H27FN4O4S. The second-order valence-electron chi connectivity index (χ2n) is 9.37. The molecule has 0 spiro atoms. The first kappa shape index (κ1) is 24.6. The summed E-state index contributed by atoms with van der Waals surface area (Å²) in [6, 6.07) is 5.88. The van der Waals surface area contributed by atoms with Crippen molar-refractivity contribution in [3.63, 3.8) is 0 Å². The molecule has 0 bridgehead atoms. The molecule has 1 aliphatic rings. The first-order valence-corrected chi connectivity index (χ1v) is 12.0. The van der Waals surface area contributed by atoms with Gasteiger partial charge in [0.15, 0.2) is 11.4 Å². The lowest BCUT2D eigenvalue weighted by atomic mass is 9.93. The maximum absolute atomic E-state index is 13.3. The normalized spacial score (nSPS) is 17.6. The summed E-state index contributed by atoms with van der Waals surface area (Å²) in [7, 11) is 3.24. The average Bonchev–Trinajstić information content (AvgIpc) is 3.26. The molecule has 10 heteroatoms. The number of hydrogen-bond donors (Lipinski definition) is 1. The third-order valence-corrected chi connectivity index (χ3v) is 7.25. The van der Waals surface area contributed by atoms with Crippen molar-refractivity contribution in [2.45, 2.75) is 38.8 Å². The van der Waals surface area contributed by atoms with Crippen molar-refractivity contribution in [2.24, 2.45) is 0 Å². The van der Waals surface area contributed by atoms with E-state index >= 15 is 0 Å². The van der Waals surface area contributed by atoms with Gasteiger partial charge in [0.25, 0.3) is 5.91 Å². The minimum absolute atomic E-state index is 0.0863. The van der Waals surface area contributed by atoms with E-state index in [1.165, 1.54) is 44.0 Å². The van der Waals surface area contributed by atoms with Gasteiger partial charge >= 0.3 is 0 Å². The van der Waals surface area contributed by atoms with Crippen LogP contribution in [0.1, 0.15) is 41.7 Å². The first-order valence-electron chi connectivity index (χ1n) is 11.2. The Balaban J connectivity index is 1.84. The Labute approximate surface area is 206 Å². The van der Waals surface area contributed by atoms with E-state index in [2.05, 4.69) is 4.98 Å². The molecule has 0 aliphatic carbocycles. The molecule has 1 N–H and O–H groups in total. The van der Waals surface area contributed by atoms with E-state index in [1.54, 1.807) is 39.3 Å². The van der Waals surface area contributed by atoms with Crippen molar-refractivity contribution < 1.29 is 19.1 Å². The van der Waals surface area contributed by atoms with Gasteiger partial charge in [-0.3, -0.25) is 14.4 Å². The quantitative estimate of drug-likeness (QED) is 0.583. The maximum atomic E-state index is 13.3. The third kappa shape index (κ3) is 4.22. The molecule has 0 saturated heterocycles. The van der Waals surface area contributed by atoms with E-state index in [0.717, 1.165) is 10.4 Å². The van der Waals surface area contributed by atoms with Crippen molar-refractivity contribution in [1.29, 1.82) is 0 Å². The van der Waals surface area contributed by atoms with Crippen molar-refractivity contribution in [3.8, 4) is 16.3 Å². The van der Waals surface area contributed by atoms with Gasteiger partial charge in [-0.15, -0.1) is 11.3 Å². The minimum Gasteiger partial charge on any atom is -0.503 e. The number of nitrogens with zero attached hydrogens (tertiary/aromatic N) is 4. The van der Waals surface area contributed by atoms with Gasteiger partial charge in [0, 0.05) is 43.8 Å². The number of rotatable bonds is 5. The highest BCUT2D eigenvalue weighted by Gasteiger charge is 2.47. The lowest BCUT2D eigenvalue weighted by Gasteiger charge is -2.45. The largest absolute Gasteiger partial charge is 0.503 e. The number of likely N-dealkylation sites (N-methyl/N-ethyl adjacent to an activating group) is 1. The molecule has 8 nitrogen and oxygen atoms in total. The number of thiazole rings is 1. The van der Waals surface area contributed by atoms with Gasteiger partial charge in [0.05, 0.1) is 12.1 Å². The Morgan fingerprint density at radius 3 is 2.51 bits per heavy atom. The second-order valence-corrected chi connectivity index (χ2v) is 10.5. The fourth-order valence-corrected chi connectivity index (χ4v) is 5.30. The first-order chi connectivity index (χ1) is 16.4. The van der Waals surface area contributed by atoms with E-state index in [0.29, 0.717) is 11.4 Å². The number of amides is 2. The monoisotopic (exact) mass is 498 g/mol. The van der Waals surface area contributed by atoms with Crippen LogP contribution >= 0.6 is 11.3 Å². The van der Waals surface area contributed by atoms with Crippen LogP contribution in [0.4, 0.5) is 4.39 Å². The second kappa shape index (κ2) is 8.92. The number of fused-ring (bicyclic) bond motifs is 1. The van der Waals surface area contributed by atoms with Gasteiger partial charge < -0.3 is 19.5 Å². The molecule has 1 aromatic carbocycles. The lowest BCUT2D eigenvalue weighted by Crippen LogP contribution is -2.60. The number of aromatic nitrogens is 2. The Hall–Kier alpha value is -3.53. The van der Waals surface area contributed by atoms with E-state index in [1.807, 2.05) is 13.8 Å². The van der Waals surface area contributed by atoms with Crippen LogP contribution in [0.15, 0.2) is 41.5 Å². The fourth-order valence-electron chi connectivity index (χ4n) is 4.35. The molecule has 0 radical (unpaired) electrons. The van der Waals surface area contributed by atoms with Gasteiger partial charge in [0.1, 0.15) is 16.4 Å². The number of carbonyl (C=O) groups excluding carboxylic acids is 2. The van der Waals surface area contributed by atoms with Gasteiger partial charge in [-0.1, -0.05) is 12.1 Å². The molecule has 1 atom stereocenters. The predicted molar refractivity (Wildman–Crippen MR) is 131 cm³/mol. The molecule has 2 aromatic heterocycles. The van der Waals surface area contributed by atoms with Crippen molar-refractivity contribution in [3.05, 3.63) is 68.8 Å². The summed E-state index contributed by atoms with van der Waals surface area (Å²) >= 11 is 1.26. The molecule has 2 amide bonds. The average molecular weight is 499 g/mol. The maximum Gasteiger partial charge on any atom is 0.274 e. The van der Waals surface area contributed by atoms with Crippen molar-refractivity contribution in [2.75, 3.05) is 20.6 Å². The lowest BCUT2D eigenvalue weighted by molar-refractivity contribution is -0.139. The number of hydrogen-bond acceptors (Lipinski definition) is 6. The topological polar surface area (TPSA) is 95.7 Å². The third-order valence-electron chi connectivity index (χ3n) is 6.22. The molecule has 3 aromatic rings. The molecule has 0 saturated carbocycles.